The number of allylic oxidation sites excluding steroid dienone is 1. The standard InChI is InChI=1S/C20H19F3N2/c21-20(22,23)17-6-3-7-18(14-17)24-8-10-25(11-9-24)19-12-15-4-1-2-5-16(15)13-19/h1-7,12,14H,8-11,13H2. The summed E-state index contributed by atoms with van der Waals surface area (Å²) in [6.45, 7) is 3.12. The summed E-state index contributed by atoms with van der Waals surface area (Å²) in [4.78, 5) is 4.39. The Morgan fingerprint density at radius 2 is 1.52 bits per heavy atom. The van der Waals surface area contributed by atoms with Gasteiger partial charge in [-0.15, -0.1) is 0 Å². The van der Waals surface area contributed by atoms with Crippen LogP contribution in [-0.4, -0.2) is 31.1 Å². The average molecular weight is 344 g/mol. The van der Waals surface area contributed by atoms with Crippen molar-refractivity contribution >= 4 is 11.8 Å². The highest BCUT2D eigenvalue weighted by Crippen LogP contribution is 2.32. The van der Waals surface area contributed by atoms with Crippen molar-refractivity contribution in [1.29, 1.82) is 0 Å². The van der Waals surface area contributed by atoms with Gasteiger partial charge in [0.05, 0.1) is 5.56 Å². The molecule has 2 nitrogen and oxygen atoms in total. The van der Waals surface area contributed by atoms with Crippen molar-refractivity contribution in [3.8, 4) is 0 Å². The number of fused-ring (bicyclic) bond motifs is 1. The molecule has 130 valence electrons. The van der Waals surface area contributed by atoms with E-state index in [0.717, 1.165) is 38.7 Å². The Morgan fingerprint density at radius 3 is 2.24 bits per heavy atom. The molecule has 2 aliphatic rings. The molecule has 0 bridgehead atoms. The van der Waals surface area contributed by atoms with Gasteiger partial charge in [0.15, 0.2) is 0 Å². The molecule has 25 heavy (non-hydrogen) atoms. The van der Waals surface area contributed by atoms with E-state index in [1.807, 2.05) is 11.0 Å². The second-order valence-corrected chi connectivity index (χ2v) is 6.53. The minimum absolute atomic E-state index is 0.582. The van der Waals surface area contributed by atoms with Crippen LogP contribution in [-0.2, 0) is 12.6 Å². The number of hydrogen-bond donors (Lipinski definition) is 0. The van der Waals surface area contributed by atoms with Crippen LogP contribution >= 0.6 is 0 Å². The van der Waals surface area contributed by atoms with E-state index in [0.29, 0.717) is 5.69 Å². The third-order valence-electron chi connectivity index (χ3n) is 4.97. The Morgan fingerprint density at radius 1 is 0.800 bits per heavy atom. The fourth-order valence-electron chi connectivity index (χ4n) is 3.60. The van der Waals surface area contributed by atoms with Crippen molar-refractivity contribution in [1.82, 2.24) is 4.90 Å². The van der Waals surface area contributed by atoms with E-state index in [2.05, 4.69) is 29.2 Å². The number of benzene rings is 2. The maximum atomic E-state index is 12.9. The number of alkyl halides is 3. The minimum atomic E-state index is -4.29. The van der Waals surface area contributed by atoms with Crippen molar-refractivity contribution in [2.24, 2.45) is 0 Å². The average Bonchev–Trinajstić information content (AvgIpc) is 3.05. The van der Waals surface area contributed by atoms with Crippen LogP contribution in [0.25, 0.3) is 6.08 Å². The summed E-state index contributed by atoms with van der Waals surface area (Å²) >= 11 is 0. The molecule has 1 saturated heterocycles. The molecule has 0 atom stereocenters. The van der Waals surface area contributed by atoms with Crippen LogP contribution < -0.4 is 4.90 Å². The quantitative estimate of drug-likeness (QED) is 0.795. The fourth-order valence-corrected chi connectivity index (χ4v) is 3.60. The van der Waals surface area contributed by atoms with Gasteiger partial charge in [-0.1, -0.05) is 30.3 Å². The summed E-state index contributed by atoms with van der Waals surface area (Å²) in [5, 5.41) is 0. The Kier molecular flexibility index (Phi) is 3.94. The van der Waals surface area contributed by atoms with Gasteiger partial charge in [-0.25, -0.2) is 0 Å². The Labute approximate surface area is 145 Å². The molecule has 1 heterocycles. The van der Waals surface area contributed by atoms with Crippen LogP contribution in [0.4, 0.5) is 18.9 Å². The largest absolute Gasteiger partial charge is 0.416 e. The van der Waals surface area contributed by atoms with Crippen LogP contribution in [0.2, 0.25) is 0 Å². The zero-order chi connectivity index (χ0) is 17.4. The van der Waals surface area contributed by atoms with Gasteiger partial charge in [0.1, 0.15) is 0 Å². The highest BCUT2D eigenvalue weighted by atomic mass is 19.4. The molecule has 1 fully saturated rings. The predicted molar refractivity (Wildman–Crippen MR) is 93.4 cm³/mol. The molecule has 0 radical (unpaired) electrons. The molecule has 0 spiro atoms. The maximum absolute atomic E-state index is 12.9. The lowest BCUT2D eigenvalue weighted by Gasteiger charge is -2.38. The number of rotatable bonds is 2. The third-order valence-corrected chi connectivity index (χ3v) is 4.97. The highest BCUT2D eigenvalue weighted by molar-refractivity contribution is 5.63. The van der Waals surface area contributed by atoms with E-state index < -0.39 is 11.7 Å². The second-order valence-electron chi connectivity index (χ2n) is 6.53. The Bertz CT molecular complexity index is 803. The Hall–Kier alpha value is -2.43. The molecule has 1 aliphatic carbocycles. The summed E-state index contributed by atoms with van der Waals surface area (Å²) in [6.07, 6.45) is -1.12. The first-order valence-electron chi connectivity index (χ1n) is 8.46. The Balaban J connectivity index is 1.43. The van der Waals surface area contributed by atoms with Gasteiger partial charge in [0.2, 0.25) is 0 Å². The number of hydrogen-bond acceptors (Lipinski definition) is 2. The first-order chi connectivity index (χ1) is 12.0. The van der Waals surface area contributed by atoms with Crippen LogP contribution in [0.5, 0.6) is 0 Å². The van der Waals surface area contributed by atoms with E-state index in [1.54, 1.807) is 6.07 Å². The van der Waals surface area contributed by atoms with Crippen molar-refractivity contribution in [2.45, 2.75) is 12.6 Å². The van der Waals surface area contributed by atoms with Gasteiger partial charge in [-0.05, 0) is 35.4 Å². The lowest BCUT2D eigenvalue weighted by Crippen LogP contribution is -2.45. The van der Waals surface area contributed by atoms with Crippen LogP contribution in [0.3, 0.4) is 0 Å². The number of anilines is 1. The van der Waals surface area contributed by atoms with Crippen molar-refractivity contribution in [3.63, 3.8) is 0 Å². The number of piperazine rings is 1. The molecule has 0 unspecified atom stereocenters. The monoisotopic (exact) mass is 344 g/mol. The lowest BCUT2D eigenvalue weighted by molar-refractivity contribution is -0.137. The van der Waals surface area contributed by atoms with Gasteiger partial charge in [-0.2, -0.15) is 13.2 Å². The normalized spacial score (nSPS) is 17.5. The summed E-state index contributed by atoms with van der Waals surface area (Å²) in [5.41, 5.74) is 4.00. The van der Waals surface area contributed by atoms with Crippen LogP contribution in [0.15, 0.2) is 54.2 Å². The van der Waals surface area contributed by atoms with Gasteiger partial charge >= 0.3 is 6.18 Å². The second kappa shape index (κ2) is 6.14. The summed E-state index contributed by atoms with van der Waals surface area (Å²) < 4.78 is 38.7. The SMILES string of the molecule is FC(F)(F)c1cccc(N2CCN(C3=Cc4ccccc4C3)CC2)c1. The van der Waals surface area contributed by atoms with Crippen LogP contribution in [0.1, 0.15) is 16.7 Å². The maximum Gasteiger partial charge on any atom is 0.416 e. The molecule has 2 aromatic rings. The summed E-state index contributed by atoms with van der Waals surface area (Å²) in [7, 11) is 0. The molecular weight excluding hydrogens is 325 g/mol. The first-order valence-corrected chi connectivity index (χ1v) is 8.46. The van der Waals surface area contributed by atoms with E-state index in [9.17, 15) is 13.2 Å². The molecule has 4 rings (SSSR count). The fraction of sp³-hybridized carbons (Fsp3) is 0.300. The molecule has 0 saturated carbocycles. The van der Waals surface area contributed by atoms with E-state index >= 15 is 0 Å². The predicted octanol–water partition coefficient (Wildman–Crippen LogP) is 4.42. The lowest BCUT2D eigenvalue weighted by atomic mass is 10.1. The molecule has 0 amide bonds. The van der Waals surface area contributed by atoms with E-state index in [1.165, 1.54) is 29.0 Å². The van der Waals surface area contributed by atoms with Crippen molar-refractivity contribution in [3.05, 3.63) is 70.9 Å². The van der Waals surface area contributed by atoms with Crippen molar-refractivity contribution in [2.75, 3.05) is 31.1 Å². The first kappa shape index (κ1) is 16.1. The zero-order valence-corrected chi connectivity index (χ0v) is 13.8. The number of halogens is 3. The topological polar surface area (TPSA) is 6.48 Å². The van der Waals surface area contributed by atoms with Gasteiger partial charge < -0.3 is 9.80 Å². The minimum Gasteiger partial charge on any atom is -0.371 e. The van der Waals surface area contributed by atoms with Gasteiger partial charge in [-0.3, -0.25) is 0 Å². The van der Waals surface area contributed by atoms with Crippen LogP contribution in [0, 0.1) is 0 Å². The van der Waals surface area contributed by atoms with Crippen molar-refractivity contribution < 1.29 is 13.2 Å². The molecule has 2 aromatic carbocycles. The number of nitrogens with zero attached hydrogens (tertiary/aromatic N) is 2. The summed E-state index contributed by atoms with van der Waals surface area (Å²) in [6, 6.07) is 14.0. The molecular formula is C20H19F3N2. The summed E-state index contributed by atoms with van der Waals surface area (Å²) in [5.74, 6) is 0. The zero-order valence-electron chi connectivity index (χ0n) is 13.8. The smallest absolute Gasteiger partial charge is 0.371 e. The van der Waals surface area contributed by atoms with Gasteiger partial charge in [0, 0.05) is 44.0 Å². The molecule has 5 heteroatoms. The highest BCUT2D eigenvalue weighted by Gasteiger charge is 2.31. The van der Waals surface area contributed by atoms with E-state index in [4.69, 9.17) is 0 Å². The molecule has 0 aromatic heterocycles. The molecule has 0 N–H and O–H groups in total. The van der Waals surface area contributed by atoms with E-state index in [-0.39, 0.29) is 0 Å². The third kappa shape index (κ3) is 3.23. The van der Waals surface area contributed by atoms with Gasteiger partial charge in [0.25, 0.3) is 0 Å². The molecule has 1 aliphatic heterocycles.